The van der Waals surface area contributed by atoms with Crippen LogP contribution in [0.3, 0.4) is 0 Å². The molecule has 214 valence electrons. The van der Waals surface area contributed by atoms with E-state index in [4.69, 9.17) is 19.2 Å². The van der Waals surface area contributed by atoms with Crippen molar-refractivity contribution in [3.63, 3.8) is 0 Å². The van der Waals surface area contributed by atoms with Gasteiger partial charge in [-0.1, -0.05) is 12.1 Å². The number of hydrogen-bond donors (Lipinski definition) is 2. The predicted molar refractivity (Wildman–Crippen MR) is 151 cm³/mol. The summed E-state index contributed by atoms with van der Waals surface area (Å²) in [6.45, 7) is 15.3. The molecule has 0 saturated carbocycles. The first kappa shape index (κ1) is 30.7. The highest BCUT2D eigenvalue weighted by molar-refractivity contribution is 5.96. The SMILES string of the molecule is C/C=C(\C=C(\C)C(C)=O)c1nc2cc(CNC[C@H](C(=O)OC(C)(C)C)C(C)O)ccc2n1CC1COCCO1. The molecule has 0 spiro atoms. The van der Waals surface area contributed by atoms with Crippen LogP contribution in [0.4, 0.5) is 0 Å². The smallest absolute Gasteiger partial charge is 0.313 e. The number of aromatic nitrogens is 2. The van der Waals surface area contributed by atoms with E-state index in [2.05, 4.69) is 9.88 Å². The lowest BCUT2D eigenvalue weighted by atomic mass is 10.0. The molecule has 1 aliphatic rings. The lowest BCUT2D eigenvalue weighted by Gasteiger charge is -2.25. The quantitative estimate of drug-likeness (QED) is 0.251. The van der Waals surface area contributed by atoms with E-state index in [1.54, 1.807) is 20.8 Å². The Morgan fingerprint density at radius 3 is 2.62 bits per heavy atom. The number of allylic oxidation sites excluding steroid dienone is 4. The van der Waals surface area contributed by atoms with E-state index in [0.29, 0.717) is 38.5 Å². The van der Waals surface area contributed by atoms with Gasteiger partial charge in [-0.3, -0.25) is 9.59 Å². The summed E-state index contributed by atoms with van der Waals surface area (Å²) in [5.41, 5.74) is 3.64. The van der Waals surface area contributed by atoms with Gasteiger partial charge in [0.1, 0.15) is 11.4 Å². The third-order valence-corrected chi connectivity index (χ3v) is 6.57. The van der Waals surface area contributed by atoms with Crippen molar-refractivity contribution in [1.29, 1.82) is 0 Å². The van der Waals surface area contributed by atoms with Crippen LogP contribution in [-0.4, -0.2) is 70.6 Å². The Labute approximate surface area is 231 Å². The zero-order valence-corrected chi connectivity index (χ0v) is 24.2. The molecule has 2 aromatic rings. The van der Waals surface area contributed by atoms with Crippen molar-refractivity contribution >= 4 is 28.4 Å². The second kappa shape index (κ2) is 13.5. The Kier molecular flexibility index (Phi) is 10.6. The van der Waals surface area contributed by atoms with Gasteiger partial charge in [-0.2, -0.15) is 0 Å². The summed E-state index contributed by atoms with van der Waals surface area (Å²) in [5, 5.41) is 13.4. The van der Waals surface area contributed by atoms with Gasteiger partial charge in [-0.25, -0.2) is 4.98 Å². The fraction of sp³-hybridized carbons (Fsp3) is 0.567. The number of nitrogens with zero attached hydrogens (tertiary/aromatic N) is 2. The van der Waals surface area contributed by atoms with Gasteiger partial charge in [-0.05, 0) is 77.8 Å². The van der Waals surface area contributed by atoms with Gasteiger partial charge in [0.25, 0.3) is 0 Å². The van der Waals surface area contributed by atoms with Crippen LogP contribution in [0.2, 0.25) is 0 Å². The number of ketones is 1. The summed E-state index contributed by atoms with van der Waals surface area (Å²) < 4.78 is 19.1. The van der Waals surface area contributed by atoms with Crippen LogP contribution in [0.15, 0.2) is 35.9 Å². The number of nitrogens with one attached hydrogen (secondary N) is 1. The maximum absolute atomic E-state index is 12.5. The number of aliphatic hydroxyl groups excluding tert-OH is 1. The van der Waals surface area contributed by atoms with Crippen molar-refractivity contribution in [3.8, 4) is 0 Å². The highest BCUT2D eigenvalue weighted by atomic mass is 16.6. The second-order valence-electron chi connectivity index (χ2n) is 11.1. The molecular formula is C30H43N3O6. The summed E-state index contributed by atoms with van der Waals surface area (Å²) in [4.78, 5) is 29.4. The van der Waals surface area contributed by atoms with Gasteiger partial charge in [0.05, 0.1) is 55.5 Å². The molecule has 1 aromatic carbocycles. The molecule has 1 aliphatic heterocycles. The minimum absolute atomic E-state index is 0.0104. The van der Waals surface area contributed by atoms with Crippen LogP contribution in [-0.2, 0) is 36.9 Å². The van der Waals surface area contributed by atoms with E-state index in [0.717, 1.165) is 28.0 Å². The maximum Gasteiger partial charge on any atom is 0.313 e. The first-order valence-corrected chi connectivity index (χ1v) is 13.6. The highest BCUT2D eigenvalue weighted by Crippen LogP contribution is 2.26. The Morgan fingerprint density at radius 1 is 1.28 bits per heavy atom. The number of hydrogen-bond acceptors (Lipinski definition) is 8. The Bertz CT molecular complexity index is 1220. The number of benzene rings is 1. The summed E-state index contributed by atoms with van der Waals surface area (Å²) in [6, 6.07) is 6.06. The highest BCUT2D eigenvalue weighted by Gasteiger charge is 2.28. The lowest BCUT2D eigenvalue weighted by Crippen LogP contribution is -2.39. The van der Waals surface area contributed by atoms with Crippen molar-refractivity contribution in [1.82, 2.24) is 14.9 Å². The van der Waals surface area contributed by atoms with Crippen LogP contribution in [0, 0.1) is 5.92 Å². The monoisotopic (exact) mass is 541 g/mol. The number of Topliss-reactive ketones (excluding diaryl/α,β-unsaturated/α-hetero) is 1. The van der Waals surface area contributed by atoms with Crippen LogP contribution in [0.5, 0.6) is 0 Å². The number of ether oxygens (including phenoxy) is 3. The van der Waals surface area contributed by atoms with Gasteiger partial charge < -0.3 is 29.2 Å². The molecule has 2 N–H and O–H groups in total. The Balaban J connectivity index is 1.86. The molecular weight excluding hydrogens is 498 g/mol. The maximum atomic E-state index is 12.5. The first-order valence-electron chi connectivity index (χ1n) is 13.6. The molecule has 3 atom stereocenters. The molecule has 2 heterocycles. The van der Waals surface area contributed by atoms with Crippen LogP contribution in [0.25, 0.3) is 16.6 Å². The van der Waals surface area contributed by atoms with Crippen LogP contribution >= 0.6 is 0 Å². The zero-order valence-electron chi connectivity index (χ0n) is 24.2. The number of carbonyl (C=O) groups is 2. The molecule has 39 heavy (non-hydrogen) atoms. The number of esters is 1. The van der Waals surface area contributed by atoms with Crippen LogP contribution in [0.1, 0.15) is 59.9 Å². The molecule has 1 saturated heterocycles. The summed E-state index contributed by atoms with van der Waals surface area (Å²) in [6.07, 6.45) is 2.88. The number of rotatable bonds is 11. The normalized spacial score (nSPS) is 18.7. The molecule has 2 unspecified atom stereocenters. The number of imidazole rings is 1. The fourth-order valence-electron chi connectivity index (χ4n) is 4.35. The zero-order chi connectivity index (χ0) is 28.7. The first-order chi connectivity index (χ1) is 18.4. The second-order valence-corrected chi connectivity index (χ2v) is 11.1. The molecule has 1 fully saturated rings. The van der Waals surface area contributed by atoms with Crippen molar-refractivity contribution in [2.75, 3.05) is 26.4 Å². The topological polar surface area (TPSA) is 112 Å². The van der Waals surface area contributed by atoms with Crippen molar-refractivity contribution in [2.24, 2.45) is 5.92 Å². The van der Waals surface area contributed by atoms with E-state index in [1.807, 2.05) is 58.0 Å². The number of carbonyl (C=O) groups excluding carboxylic acids is 2. The van der Waals surface area contributed by atoms with Gasteiger partial charge in [-0.15, -0.1) is 0 Å². The summed E-state index contributed by atoms with van der Waals surface area (Å²) >= 11 is 0. The standard InChI is InChI=1S/C30H43N3O6/c1-8-23(13-19(2)20(3)34)28-32-26-14-22(9-10-27(26)33(28)17-24-18-37-11-12-38-24)15-31-16-25(21(4)35)29(36)39-30(5,6)7/h8-10,13-14,21,24-25,31,35H,11-12,15-18H2,1-7H3/b19-13-,23-8+/t21?,24?,25-/m0/s1. The predicted octanol–water partition coefficient (Wildman–Crippen LogP) is 3.82. The third kappa shape index (κ3) is 8.57. The molecule has 9 nitrogen and oxygen atoms in total. The van der Waals surface area contributed by atoms with E-state index in [-0.39, 0.29) is 18.4 Å². The van der Waals surface area contributed by atoms with E-state index >= 15 is 0 Å². The summed E-state index contributed by atoms with van der Waals surface area (Å²) in [5.74, 6) is -0.335. The molecule has 1 aromatic heterocycles. The van der Waals surface area contributed by atoms with E-state index < -0.39 is 23.6 Å². The third-order valence-electron chi connectivity index (χ3n) is 6.57. The van der Waals surface area contributed by atoms with Gasteiger partial charge in [0, 0.05) is 18.7 Å². The molecule has 9 heteroatoms. The van der Waals surface area contributed by atoms with Gasteiger partial charge >= 0.3 is 5.97 Å². The van der Waals surface area contributed by atoms with Crippen molar-refractivity contribution < 1.29 is 28.9 Å². The average molecular weight is 542 g/mol. The van der Waals surface area contributed by atoms with E-state index in [9.17, 15) is 14.7 Å². The van der Waals surface area contributed by atoms with Gasteiger partial charge in [0.2, 0.25) is 0 Å². The molecule has 0 bridgehead atoms. The van der Waals surface area contributed by atoms with Crippen LogP contribution < -0.4 is 5.32 Å². The average Bonchev–Trinajstić information content (AvgIpc) is 3.21. The number of aliphatic hydroxyl groups is 1. The van der Waals surface area contributed by atoms with Crippen molar-refractivity contribution in [3.05, 3.63) is 47.3 Å². The fourth-order valence-corrected chi connectivity index (χ4v) is 4.35. The Morgan fingerprint density at radius 2 is 2.03 bits per heavy atom. The minimum Gasteiger partial charge on any atom is -0.460 e. The van der Waals surface area contributed by atoms with Gasteiger partial charge in [0.15, 0.2) is 5.78 Å². The molecule has 0 aliphatic carbocycles. The molecule has 3 rings (SSSR count). The van der Waals surface area contributed by atoms with Crippen molar-refractivity contribution in [2.45, 2.75) is 79.4 Å². The lowest BCUT2D eigenvalue weighted by molar-refractivity contribution is -0.163. The largest absolute Gasteiger partial charge is 0.460 e. The van der Waals surface area contributed by atoms with E-state index in [1.165, 1.54) is 0 Å². The molecule has 0 radical (unpaired) electrons. The Hall–Kier alpha value is -2.85. The summed E-state index contributed by atoms with van der Waals surface area (Å²) in [7, 11) is 0. The minimum atomic E-state index is -0.843. The number of fused-ring (bicyclic) bond motifs is 1. The molecule has 0 amide bonds.